The molecule has 2 rings (SSSR count). The minimum Gasteiger partial charge on any atom is -0.481 e. The smallest absolute Gasteiger partial charge is 0.305 e. The average Bonchev–Trinajstić information content (AvgIpc) is 2.82. The third kappa shape index (κ3) is 4.40. The van der Waals surface area contributed by atoms with E-state index < -0.39 is 5.97 Å². The summed E-state index contributed by atoms with van der Waals surface area (Å²) in [6.07, 6.45) is 1.11. The number of carboxylic acids is 1. The molecule has 0 spiro atoms. The Balaban J connectivity index is 1.90. The highest BCUT2D eigenvalue weighted by Crippen LogP contribution is 2.23. The van der Waals surface area contributed by atoms with Crippen LogP contribution in [0.4, 0.5) is 0 Å². The van der Waals surface area contributed by atoms with E-state index in [4.69, 9.17) is 16.7 Å². The number of aliphatic carboxylic acids is 1. The third-order valence-corrected chi connectivity index (χ3v) is 5.60. The van der Waals surface area contributed by atoms with Crippen LogP contribution in [-0.4, -0.2) is 46.0 Å². The van der Waals surface area contributed by atoms with Gasteiger partial charge in [0.15, 0.2) is 0 Å². The van der Waals surface area contributed by atoms with Crippen LogP contribution in [0.5, 0.6) is 0 Å². The van der Waals surface area contributed by atoms with Gasteiger partial charge in [-0.2, -0.15) is 11.8 Å². The van der Waals surface area contributed by atoms with E-state index in [-0.39, 0.29) is 18.4 Å². The van der Waals surface area contributed by atoms with E-state index in [0.29, 0.717) is 30.2 Å². The molecule has 2 heterocycles. The summed E-state index contributed by atoms with van der Waals surface area (Å²) in [5.41, 5.74) is 0. The van der Waals surface area contributed by atoms with Crippen molar-refractivity contribution in [3.8, 4) is 0 Å². The molecule has 0 radical (unpaired) electrons. The maximum Gasteiger partial charge on any atom is 0.305 e. The van der Waals surface area contributed by atoms with E-state index in [0.717, 1.165) is 10.6 Å². The molecule has 1 amide bonds. The van der Waals surface area contributed by atoms with Gasteiger partial charge in [-0.15, -0.1) is 11.3 Å². The zero-order chi connectivity index (χ0) is 14.5. The summed E-state index contributed by atoms with van der Waals surface area (Å²) in [6.45, 7) is 0.645. The molecule has 0 aliphatic carbocycles. The van der Waals surface area contributed by atoms with Crippen LogP contribution < -0.4 is 0 Å². The molecule has 0 bridgehead atoms. The summed E-state index contributed by atoms with van der Waals surface area (Å²) in [6, 6.07) is 1.70. The van der Waals surface area contributed by atoms with Gasteiger partial charge in [-0.05, 0) is 12.5 Å². The number of aryl methyl sites for hydroxylation is 1. The van der Waals surface area contributed by atoms with Crippen LogP contribution in [0.1, 0.15) is 17.7 Å². The van der Waals surface area contributed by atoms with Gasteiger partial charge >= 0.3 is 5.97 Å². The molecule has 1 N–H and O–H groups in total. The first kappa shape index (κ1) is 15.7. The number of hydrogen-bond acceptors (Lipinski definition) is 4. The van der Waals surface area contributed by atoms with E-state index in [9.17, 15) is 9.59 Å². The van der Waals surface area contributed by atoms with E-state index in [1.54, 1.807) is 28.0 Å². The van der Waals surface area contributed by atoms with Gasteiger partial charge in [0.05, 0.1) is 17.5 Å². The predicted molar refractivity (Wildman–Crippen MR) is 82.7 cm³/mol. The summed E-state index contributed by atoms with van der Waals surface area (Å²) in [4.78, 5) is 25.9. The average molecular weight is 334 g/mol. The molecule has 1 fully saturated rings. The Morgan fingerprint density at radius 1 is 1.50 bits per heavy atom. The van der Waals surface area contributed by atoms with Crippen LogP contribution in [0.3, 0.4) is 0 Å². The highest BCUT2D eigenvalue weighted by atomic mass is 35.5. The van der Waals surface area contributed by atoms with E-state index in [2.05, 4.69) is 0 Å². The van der Waals surface area contributed by atoms with E-state index in [1.165, 1.54) is 0 Å². The molecule has 20 heavy (non-hydrogen) atoms. The molecule has 1 unspecified atom stereocenters. The third-order valence-electron chi connectivity index (χ3n) is 3.17. The van der Waals surface area contributed by atoms with Gasteiger partial charge in [-0.25, -0.2) is 0 Å². The number of rotatable bonds is 5. The van der Waals surface area contributed by atoms with Gasteiger partial charge < -0.3 is 10.0 Å². The molecule has 1 saturated heterocycles. The van der Waals surface area contributed by atoms with Crippen LogP contribution in [0.2, 0.25) is 5.02 Å². The molecule has 0 saturated carbocycles. The summed E-state index contributed by atoms with van der Waals surface area (Å²) in [5.74, 6) is 0.789. The molecule has 1 aromatic rings. The lowest BCUT2D eigenvalue weighted by atomic mass is 10.1. The fourth-order valence-electron chi connectivity index (χ4n) is 2.21. The summed E-state index contributed by atoms with van der Waals surface area (Å²) in [5, 5.41) is 11.5. The van der Waals surface area contributed by atoms with Crippen molar-refractivity contribution in [3.05, 3.63) is 21.3 Å². The Kier molecular flexibility index (Phi) is 5.74. The van der Waals surface area contributed by atoms with Gasteiger partial charge in [-0.3, -0.25) is 9.59 Å². The van der Waals surface area contributed by atoms with Gasteiger partial charge in [-0.1, -0.05) is 11.6 Å². The molecule has 0 aromatic carbocycles. The molecule has 4 nitrogen and oxygen atoms in total. The quantitative estimate of drug-likeness (QED) is 0.900. The van der Waals surface area contributed by atoms with Crippen molar-refractivity contribution in [3.63, 3.8) is 0 Å². The standard InChI is InChI=1S/C13H16ClNO3S2/c14-9-5-11(20-7-9)1-2-12(16)15-3-4-19-8-10(15)6-13(17)18/h5,7,10H,1-4,6,8H2,(H,17,18). The molecule has 1 aliphatic rings. The fraction of sp³-hybridized carbons (Fsp3) is 0.538. The Morgan fingerprint density at radius 3 is 2.95 bits per heavy atom. The van der Waals surface area contributed by atoms with Crippen LogP contribution in [0.15, 0.2) is 11.4 Å². The number of thiophene rings is 1. The lowest BCUT2D eigenvalue weighted by molar-refractivity contribution is -0.140. The van der Waals surface area contributed by atoms with Crippen molar-refractivity contribution in [2.45, 2.75) is 25.3 Å². The second kappa shape index (κ2) is 7.33. The Hall–Kier alpha value is -0.720. The van der Waals surface area contributed by atoms with Gasteiger partial charge in [0.25, 0.3) is 0 Å². The molecular weight excluding hydrogens is 318 g/mol. The molecular formula is C13H16ClNO3S2. The summed E-state index contributed by atoms with van der Waals surface area (Å²) in [7, 11) is 0. The zero-order valence-corrected chi connectivity index (χ0v) is 13.3. The summed E-state index contributed by atoms with van der Waals surface area (Å²) >= 11 is 9.11. The molecule has 1 atom stereocenters. The number of carbonyl (C=O) groups excluding carboxylic acids is 1. The van der Waals surface area contributed by atoms with E-state index >= 15 is 0 Å². The molecule has 1 aliphatic heterocycles. The van der Waals surface area contributed by atoms with Gasteiger partial charge in [0.1, 0.15) is 0 Å². The first-order chi connectivity index (χ1) is 9.56. The number of amides is 1. The number of thioether (sulfide) groups is 1. The van der Waals surface area contributed by atoms with Crippen LogP contribution in [0.25, 0.3) is 0 Å². The van der Waals surface area contributed by atoms with Gasteiger partial charge in [0, 0.05) is 34.7 Å². The lowest BCUT2D eigenvalue weighted by Gasteiger charge is -2.34. The van der Waals surface area contributed by atoms with Crippen LogP contribution >= 0.6 is 34.7 Å². The summed E-state index contributed by atoms with van der Waals surface area (Å²) < 4.78 is 0. The highest BCUT2D eigenvalue weighted by Gasteiger charge is 2.28. The fourth-order valence-corrected chi connectivity index (χ4v) is 4.35. The van der Waals surface area contributed by atoms with Crippen molar-refractivity contribution in [1.82, 2.24) is 4.90 Å². The van der Waals surface area contributed by atoms with Crippen molar-refractivity contribution in [2.75, 3.05) is 18.1 Å². The molecule has 110 valence electrons. The number of hydrogen-bond donors (Lipinski definition) is 1. The first-order valence-corrected chi connectivity index (χ1v) is 8.79. The molecule has 7 heteroatoms. The van der Waals surface area contributed by atoms with Crippen molar-refractivity contribution in [1.29, 1.82) is 0 Å². The zero-order valence-electron chi connectivity index (χ0n) is 10.9. The largest absolute Gasteiger partial charge is 0.481 e. The Labute approximate surface area is 131 Å². The highest BCUT2D eigenvalue weighted by molar-refractivity contribution is 7.99. The van der Waals surface area contributed by atoms with Crippen LogP contribution in [0, 0.1) is 0 Å². The van der Waals surface area contributed by atoms with Crippen molar-refractivity contribution >= 4 is 46.6 Å². The second-order valence-electron chi connectivity index (χ2n) is 4.64. The number of carboxylic acid groups (broad SMARTS) is 1. The topological polar surface area (TPSA) is 57.6 Å². The Morgan fingerprint density at radius 2 is 2.30 bits per heavy atom. The SMILES string of the molecule is O=C(O)CC1CSCCN1C(=O)CCc1cc(Cl)cs1. The first-order valence-electron chi connectivity index (χ1n) is 6.38. The van der Waals surface area contributed by atoms with Crippen LogP contribution in [-0.2, 0) is 16.0 Å². The van der Waals surface area contributed by atoms with E-state index in [1.807, 2.05) is 11.4 Å². The van der Waals surface area contributed by atoms with Crippen molar-refractivity contribution in [2.24, 2.45) is 0 Å². The van der Waals surface area contributed by atoms with Gasteiger partial charge in [0.2, 0.25) is 5.91 Å². The normalized spacial score (nSPS) is 19.1. The number of carbonyl (C=O) groups is 2. The minimum absolute atomic E-state index is 0.0313. The lowest BCUT2D eigenvalue weighted by Crippen LogP contribution is -2.47. The monoisotopic (exact) mass is 333 g/mol. The minimum atomic E-state index is -0.847. The Bertz CT molecular complexity index is 492. The predicted octanol–water partition coefficient (Wildman–Crippen LogP) is 2.75. The van der Waals surface area contributed by atoms with Crippen molar-refractivity contribution < 1.29 is 14.7 Å². The maximum atomic E-state index is 12.3. The second-order valence-corrected chi connectivity index (χ2v) is 7.23. The number of halogens is 1. The molecule has 1 aromatic heterocycles. The number of nitrogens with zero attached hydrogens (tertiary/aromatic N) is 1. The maximum absolute atomic E-state index is 12.3.